The zero-order valence-electron chi connectivity index (χ0n) is 11.1. The normalized spacial score (nSPS) is 11.3. The molecular formula is C15H20ClNS. The van der Waals surface area contributed by atoms with E-state index in [4.69, 9.17) is 11.6 Å². The molecule has 0 unspecified atom stereocenters. The Morgan fingerprint density at radius 3 is 2.78 bits per heavy atom. The van der Waals surface area contributed by atoms with Gasteiger partial charge >= 0.3 is 0 Å². The average Bonchev–Trinajstić information content (AvgIpc) is 2.71. The fourth-order valence-electron chi connectivity index (χ4n) is 2.23. The highest BCUT2D eigenvalue weighted by Gasteiger charge is 2.12. The largest absolute Gasteiger partial charge is 0.312 e. The molecule has 1 nitrogen and oxygen atoms in total. The van der Waals surface area contributed by atoms with Gasteiger partial charge in [0.15, 0.2) is 0 Å². The SMILES string of the molecule is CCCNCc1sc2c(Cl)cccc2c1CCC. The quantitative estimate of drug-likeness (QED) is 0.734. The van der Waals surface area contributed by atoms with Crippen LogP contribution in [0.2, 0.25) is 5.02 Å². The fourth-order valence-corrected chi connectivity index (χ4v) is 3.74. The van der Waals surface area contributed by atoms with Crippen LogP contribution in [-0.4, -0.2) is 6.54 Å². The lowest BCUT2D eigenvalue weighted by Crippen LogP contribution is -2.13. The molecular weight excluding hydrogens is 262 g/mol. The van der Waals surface area contributed by atoms with E-state index < -0.39 is 0 Å². The van der Waals surface area contributed by atoms with Crippen molar-refractivity contribution in [3.8, 4) is 0 Å². The maximum absolute atomic E-state index is 6.29. The second kappa shape index (κ2) is 6.55. The van der Waals surface area contributed by atoms with E-state index in [2.05, 4.69) is 31.3 Å². The zero-order valence-corrected chi connectivity index (χ0v) is 12.6. The average molecular weight is 282 g/mol. The summed E-state index contributed by atoms with van der Waals surface area (Å²) in [5, 5.41) is 5.73. The summed E-state index contributed by atoms with van der Waals surface area (Å²) in [6.07, 6.45) is 3.50. The van der Waals surface area contributed by atoms with Gasteiger partial charge in [-0.3, -0.25) is 0 Å². The highest BCUT2D eigenvalue weighted by atomic mass is 35.5. The van der Waals surface area contributed by atoms with Gasteiger partial charge in [0.05, 0.1) is 9.72 Å². The molecule has 0 spiro atoms. The first kappa shape index (κ1) is 13.9. The zero-order chi connectivity index (χ0) is 13.0. The molecule has 1 heterocycles. The summed E-state index contributed by atoms with van der Waals surface area (Å²) in [5.74, 6) is 0. The van der Waals surface area contributed by atoms with Crippen molar-refractivity contribution in [2.75, 3.05) is 6.54 Å². The van der Waals surface area contributed by atoms with Crippen LogP contribution in [0.5, 0.6) is 0 Å². The van der Waals surface area contributed by atoms with Crippen LogP contribution in [0.4, 0.5) is 0 Å². The van der Waals surface area contributed by atoms with E-state index in [1.165, 1.54) is 33.4 Å². The van der Waals surface area contributed by atoms with Crippen LogP contribution in [0.15, 0.2) is 18.2 Å². The second-order valence-electron chi connectivity index (χ2n) is 4.55. The van der Waals surface area contributed by atoms with Crippen molar-refractivity contribution in [3.63, 3.8) is 0 Å². The number of nitrogens with one attached hydrogen (secondary N) is 1. The van der Waals surface area contributed by atoms with Gasteiger partial charge in [0.25, 0.3) is 0 Å². The predicted octanol–water partition coefficient (Wildman–Crippen LogP) is 5.01. The minimum atomic E-state index is 0.886. The molecule has 98 valence electrons. The Hall–Kier alpha value is -0.570. The Bertz CT molecular complexity index is 518. The highest BCUT2D eigenvalue weighted by molar-refractivity contribution is 7.20. The minimum absolute atomic E-state index is 0.886. The molecule has 3 heteroatoms. The summed E-state index contributed by atoms with van der Waals surface area (Å²) in [6.45, 7) is 6.48. The Morgan fingerprint density at radius 2 is 2.06 bits per heavy atom. The third-order valence-electron chi connectivity index (χ3n) is 3.07. The van der Waals surface area contributed by atoms with E-state index in [1.807, 2.05) is 17.4 Å². The van der Waals surface area contributed by atoms with Crippen molar-refractivity contribution in [3.05, 3.63) is 33.7 Å². The molecule has 0 aliphatic rings. The van der Waals surface area contributed by atoms with Gasteiger partial charge in [0, 0.05) is 11.4 Å². The first-order valence-corrected chi connectivity index (χ1v) is 7.86. The molecule has 0 aliphatic heterocycles. The number of hydrogen-bond donors (Lipinski definition) is 1. The number of aryl methyl sites for hydroxylation is 1. The van der Waals surface area contributed by atoms with Gasteiger partial charge in [-0.05, 0) is 36.4 Å². The van der Waals surface area contributed by atoms with E-state index in [0.29, 0.717) is 0 Å². The summed E-state index contributed by atoms with van der Waals surface area (Å²) in [6, 6.07) is 6.24. The molecule has 1 aromatic carbocycles. The van der Waals surface area contributed by atoms with E-state index in [9.17, 15) is 0 Å². The van der Waals surface area contributed by atoms with Crippen LogP contribution in [0.3, 0.4) is 0 Å². The van der Waals surface area contributed by atoms with Crippen molar-refractivity contribution in [2.45, 2.75) is 39.7 Å². The number of fused-ring (bicyclic) bond motifs is 1. The van der Waals surface area contributed by atoms with Crippen LogP contribution >= 0.6 is 22.9 Å². The lowest BCUT2D eigenvalue weighted by Gasteiger charge is -2.04. The monoisotopic (exact) mass is 281 g/mol. The molecule has 0 fully saturated rings. The number of halogens is 1. The van der Waals surface area contributed by atoms with Crippen molar-refractivity contribution < 1.29 is 0 Å². The number of rotatable bonds is 6. The van der Waals surface area contributed by atoms with E-state index in [0.717, 1.165) is 24.5 Å². The molecule has 0 bridgehead atoms. The maximum Gasteiger partial charge on any atom is 0.0584 e. The van der Waals surface area contributed by atoms with E-state index in [1.54, 1.807) is 0 Å². The minimum Gasteiger partial charge on any atom is -0.312 e. The van der Waals surface area contributed by atoms with Gasteiger partial charge in [-0.25, -0.2) is 0 Å². The summed E-state index contributed by atoms with van der Waals surface area (Å²) < 4.78 is 1.25. The predicted molar refractivity (Wildman–Crippen MR) is 82.8 cm³/mol. The molecule has 18 heavy (non-hydrogen) atoms. The van der Waals surface area contributed by atoms with Crippen molar-refractivity contribution in [1.82, 2.24) is 5.32 Å². The molecule has 0 radical (unpaired) electrons. The smallest absolute Gasteiger partial charge is 0.0584 e. The lowest BCUT2D eigenvalue weighted by molar-refractivity contribution is 0.677. The van der Waals surface area contributed by atoms with Crippen LogP contribution in [0, 0.1) is 0 Å². The maximum atomic E-state index is 6.29. The van der Waals surface area contributed by atoms with Gasteiger partial charge in [0.1, 0.15) is 0 Å². The van der Waals surface area contributed by atoms with Gasteiger partial charge in [-0.15, -0.1) is 11.3 Å². The molecule has 0 saturated heterocycles. The Kier molecular flexibility index (Phi) is 5.04. The van der Waals surface area contributed by atoms with Crippen LogP contribution < -0.4 is 5.32 Å². The molecule has 0 saturated carbocycles. The summed E-state index contributed by atoms with van der Waals surface area (Å²) in [4.78, 5) is 1.45. The number of benzene rings is 1. The van der Waals surface area contributed by atoms with Gasteiger partial charge in [-0.1, -0.05) is 44.0 Å². The summed E-state index contributed by atoms with van der Waals surface area (Å²) in [5.41, 5.74) is 1.49. The Morgan fingerprint density at radius 1 is 1.22 bits per heavy atom. The van der Waals surface area contributed by atoms with Crippen LogP contribution in [0.1, 0.15) is 37.1 Å². The topological polar surface area (TPSA) is 12.0 Å². The van der Waals surface area contributed by atoms with Gasteiger partial charge in [-0.2, -0.15) is 0 Å². The lowest BCUT2D eigenvalue weighted by atomic mass is 10.1. The number of thiophene rings is 1. The molecule has 1 N–H and O–H groups in total. The molecule has 2 aromatic rings. The van der Waals surface area contributed by atoms with Crippen LogP contribution in [0.25, 0.3) is 10.1 Å². The second-order valence-corrected chi connectivity index (χ2v) is 6.06. The summed E-state index contributed by atoms with van der Waals surface area (Å²) >= 11 is 8.14. The molecule has 2 rings (SSSR count). The molecule has 1 aromatic heterocycles. The van der Waals surface area contributed by atoms with Crippen LogP contribution in [-0.2, 0) is 13.0 Å². The third kappa shape index (κ3) is 2.87. The molecule has 0 amide bonds. The Labute approximate surface area is 118 Å². The van der Waals surface area contributed by atoms with Crippen molar-refractivity contribution in [2.24, 2.45) is 0 Å². The Balaban J connectivity index is 2.37. The number of hydrogen-bond acceptors (Lipinski definition) is 2. The van der Waals surface area contributed by atoms with E-state index in [-0.39, 0.29) is 0 Å². The molecule has 0 atom stereocenters. The standard InChI is InChI=1S/C15H20ClNS/c1-3-6-11-12-7-5-8-13(16)15(12)18-14(11)10-17-9-4-2/h5,7-8,17H,3-4,6,9-10H2,1-2H3. The first-order chi connectivity index (χ1) is 8.77. The third-order valence-corrected chi connectivity index (χ3v) is 4.77. The van der Waals surface area contributed by atoms with E-state index >= 15 is 0 Å². The van der Waals surface area contributed by atoms with Crippen molar-refractivity contribution in [1.29, 1.82) is 0 Å². The van der Waals surface area contributed by atoms with Crippen molar-refractivity contribution >= 4 is 33.0 Å². The van der Waals surface area contributed by atoms with Gasteiger partial charge in [0.2, 0.25) is 0 Å². The van der Waals surface area contributed by atoms with Gasteiger partial charge < -0.3 is 5.32 Å². The summed E-state index contributed by atoms with van der Waals surface area (Å²) in [7, 11) is 0. The highest BCUT2D eigenvalue weighted by Crippen LogP contribution is 2.36. The first-order valence-electron chi connectivity index (χ1n) is 6.67. The molecule has 0 aliphatic carbocycles. The fraction of sp³-hybridized carbons (Fsp3) is 0.467.